The van der Waals surface area contributed by atoms with E-state index >= 15 is 0 Å². The Bertz CT molecular complexity index is 715. The maximum atomic E-state index is 5.42. The fraction of sp³-hybridized carbons (Fsp3) is 0.286. The molecule has 0 fully saturated rings. The van der Waals surface area contributed by atoms with Crippen molar-refractivity contribution in [2.75, 3.05) is 13.7 Å². The molecule has 0 saturated heterocycles. The SMILES string of the molecule is COc1ccc(-c2nc(=S)c3c([nH]2)CCOC3)cc1Br. The van der Waals surface area contributed by atoms with Gasteiger partial charge in [-0.25, -0.2) is 4.98 Å². The lowest BCUT2D eigenvalue weighted by molar-refractivity contribution is 0.108. The number of methoxy groups -OCH3 is 1. The molecule has 2 aromatic rings. The van der Waals surface area contributed by atoms with Gasteiger partial charge in [0.15, 0.2) is 0 Å². The monoisotopic (exact) mass is 352 g/mol. The Morgan fingerprint density at radius 2 is 2.30 bits per heavy atom. The average Bonchev–Trinajstić information content (AvgIpc) is 2.47. The molecule has 6 heteroatoms. The molecule has 0 saturated carbocycles. The van der Waals surface area contributed by atoms with Gasteiger partial charge in [-0.1, -0.05) is 12.2 Å². The van der Waals surface area contributed by atoms with E-state index in [2.05, 4.69) is 25.9 Å². The molecular weight excluding hydrogens is 340 g/mol. The molecule has 0 radical (unpaired) electrons. The maximum absolute atomic E-state index is 5.42. The van der Waals surface area contributed by atoms with Gasteiger partial charge in [0.25, 0.3) is 0 Å². The molecular formula is C14H13BrN2O2S. The first kappa shape index (κ1) is 13.7. The lowest BCUT2D eigenvalue weighted by Crippen LogP contribution is -2.14. The van der Waals surface area contributed by atoms with Crippen LogP contribution in [0, 0.1) is 4.64 Å². The van der Waals surface area contributed by atoms with Gasteiger partial charge in [0.2, 0.25) is 0 Å². The van der Waals surface area contributed by atoms with Crippen LogP contribution in [0.1, 0.15) is 11.3 Å². The van der Waals surface area contributed by atoms with E-state index in [9.17, 15) is 0 Å². The number of H-pyrrole nitrogens is 1. The first-order valence-corrected chi connectivity index (χ1v) is 7.43. The third-order valence-electron chi connectivity index (χ3n) is 3.27. The number of benzene rings is 1. The van der Waals surface area contributed by atoms with Gasteiger partial charge in [0, 0.05) is 23.2 Å². The average molecular weight is 353 g/mol. The van der Waals surface area contributed by atoms with Crippen LogP contribution in [0.2, 0.25) is 0 Å². The molecule has 1 aromatic heterocycles. The molecule has 0 spiro atoms. The summed E-state index contributed by atoms with van der Waals surface area (Å²) in [5.74, 6) is 1.57. The van der Waals surface area contributed by atoms with Gasteiger partial charge in [-0.15, -0.1) is 0 Å². The van der Waals surface area contributed by atoms with Crippen molar-refractivity contribution >= 4 is 28.1 Å². The summed E-state index contributed by atoms with van der Waals surface area (Å²) < 4.78 is 12.2. The fourth-order valence-electron chi connectivity index (χ4n) is 2.21. The van der Waals surface area contributed by atoms with Gasteiger partial charge in [-0.05, 0) is 34.1 Å². The standard InChI is InChI=1S/C14H13BrN2O2S/c1-18-12-3-2-8(6-10(12)15)13-16-11-4-5-19-7-9(11)14(20)17-13/h2-3,6H,4-5,7H2,1H3,(H,16,17,20). The fourth-order valence-corrected chi connectivity index (χ4v) is 3.02. The summed E-state index contributed by atoms with van der Waals surface area (Å²) >= 11 is 8.85. The van der Waals surface area contributed by atoms with Crippen molar-refractivity contribution in [2.45, 2.75) is 13.0 Å². The number of rotatable bonds is 2. The van der Waals surface area contributed by atoms with Crippen LogP contribution in [0.4, 0.5) is 0 Å². The van der Waals surface area contributed by atoms with Crippen molar-refractivity contribution in [1.82, 2.24) is 9.97 Å². The van der Waals surface area contributed by atoms with E-state index in [0.29, 0.717) is 17.9 Å². The highest BCUT2D eigenvalue weighted by atomic mass is 79.9. The van der Waals surface area contributed by atoms with Crippen LogP contribution in [0.15, 0.2) is 22.7 Å². The van der Waals surface area contributed by atoms with Gasteiger partial charge in [0.05, 0.1) is 24.8 Å². The van der Waals surface area contributed by atoms with Crippen LogP contribution in [0.5, 0.6) is 5.75 Å². The lowest BCUT2D eigenvalue weighted by atomic mass is 10.1. The molecule has 0 amide bonds. The number of halogens is 1. The molecule has 1 N–H and O–H groups in total. The van der Waals surface area contributed by atoms with E-state index in [1.807, 2.05) is 18.2 Å². The Balaban J connectivity index is 2.08. The zero-order valence-corrected chi connectivity index (χ0v) is 13.3. The van der Waals surface area contributed by atoms with Crippen molar-refractivity contribution in [3.05, 3.63) is 38.6 Å². The van der Waals surface area contributed by atoms with Gasteiger partial charge < -0.3 is 14.5 Å². The zero-order valence-electron chi connectivity index (χ0n) is 10.9. The minimum absolute atomic E-state index is 0.546. The highest BCUT2D eigenvalue weighted by molar-refractivity contribution is 9.10. The Kier molecular flexibility index (Phi) is 3.87. The number of aromatic amines is 1. The van der Waals surface area contributed by atoms with E-state index in [1.165, 1.54) is 0 Å². The van der Waals surface area contributed by atoms with Crippen molar-refractivity contribution in [2.24, 2.45) is 0 Å². The third kappa shape index (κ3) is 2.51. The van der Waals surface area contributed by atoms with Gasteiger partial charge >= 0.3 is 0 Å². The number of aromatic nitrogens is 2. The van der Waals surface area contributed by atoms with Gasteiger partial charge in [0.1, 0.15) is 16.2 Å². The van der Waals surface area contributed by atoms with Crippen LogP contribution in [-0.2, 0) is 17.8 Å². The lowest BCUT2D eigenvalue weighted by Gasteiger charge is -2.17. The number of nitrogens with one attached hydrogen (secondary N) is 1. The van der Waals surface area contributed by atoms with Crippen molar-refractivity contribution < 1.29 is 9.47 Å². The molecule has 2 heterocycles. The molecule has 0 unspecified atom stereocenters. The normalized spacial score (nSPS) is 13.9. The van der Waals surface area contributed by atoms with Gasteiger partial charge in [-0.2, -0.15) is 0 Å². The summed E-state index contributed by atoms with van der Waals surface area (Å²) in [7, 11) is 1.64. The van der Waals surface area contributed by atoms with Gasteiger partial charge in [-0.3, -0.25) is 0 Å². The minimum atomic E-state index is 0.546. The number of hydrogen-bond acceptors (Lipinski definition) is 4. The first-order valence-electron chi connectivity index (χ1n) is 6.23. The quantitative estimate of drug-likeness (QED) is 0.838. The predicted octanol–water partition coefficient (Wildman–Crippen LogP) is 3.65. The summed E-state index contributed by atoms with van der Waals surface area (Å²) in [6.45, 7) is 1.26. The topological polar surface area (TPSA) is 47.1 Å². The summed E-state index contributed by atoms with van der Waals surface area (Å²) in [5.41, 5.74) is 3.10. The van der Waals surface area contributed by atoms with Crippen molar-refractivity contribution in [1.29, 1.82) is 0 Å². The molecule has 3 rings (SSSR count). The van der Waals surface area contributed by atoms with E-state index in [1.54, 1.807) is 7.11 Å². The van der Waals surface area contributed by atoms with Crippen molar-refractivity contribution in [3.8, 4) is 17.1 Å². The smallest absolute Gasteiger partial charge is 0.139 e. The summed E-state index contributed by atoms with van der Waals surface area (Å²) in [4.78, 5) is 7.84. The van der Waals surface area contributed by atoms with E-state index in [-0.39, 0.29) is 0 Å². The molecule has 20 heavy (non-hydrogen) atoms. The molecule has 4 nitrogen and oxygen atoms in total. The van der Waals surface area contributed by atoms with E-state index in [0.717, 1.165) is 39.3 Å². The first-order chi connectivity index (χ1) is 9.69. The highest BCUT2D eigenvalue weighted by Crippen LogP contribution is 2.29. The zero-order chi connectivity index (χ0) is 14.1. The Morgan fingerprint density at radius 1 is 1.45 bits per heavy atom. The van der Waals surface area contributed by atoms with Crippen LogP contribution in [0.25, 0.3) is 11.4 Å². The van der Waals surface area contributed by atoms with Crippen molar-refractivity contribution in [3.63, 3.8) is 0 Å². The number of hydrogen-bond donors (Lipinski definition) is 1. The summed E-state index contributed by atoms with van der Waals surface area (Å²) in [5, 5.41) is 0. The highest BCUT2D eigenvalue weighted by Gasteiger charge is 2.14. The number of fused-ring (bicyclic) bond motifs is 1. The Hall–Kier alpha value is -1.24. The predicted molar refractivity (Wildman–Crippen MR) is 82.5 cm³/mol. The molecule has 1 aliphatic rings. The third-order valence-corrected chi connectivity index (χ3v) is 4.23. The molecule has 1 aromatic carbocycles. The number of nitrogens with zero attached hydrogens (tertiary/aromatic N) is 1. The van der Waals surface area contributed by atoms with Crippen LogP contribution in [0.3, 0.4) is 0 Å². The maximum Gasteiger partial charge on any atom is 0.139 e. The van der Waals surface area contributed by atoms with Crippen LogP contribution < -0.4 is 4.74 Å². The Labute approximate surface area is 130 Å². The van der Waals surface area contributed by atoms with Crippen LogP contribution >= 0.6 is 28.1 Å². The van der Waals surface area contributed by atoms with Crippen LogP contribution in [-0.4, -0.2) is 23.7 Å². The number of ether oxygens (including phenoxy) is 2. The summed E-state index contributed by atoms with van der Waals surface area (Å²) in [6, 6.07) is 5.83. The summed E-state index contributed by atoms with van der Waals surface area (Å²) in [6.07, 6.45) is 0.839. The molecule has 104 valence electrons. The second-order valence-electron chi connectivity index (χ2n) is 4.50. The molecule has 1 aliphatic heterocycles. The van der Waals surface area contributed by atoms with E-state index < -0.39 is 0 Å². The second kappa shape index (κ2) is 5.63. The molecule has 0 bridgehead atoms. The molecule has 0 aliphatic carbocycles. The second-order valence-corrected chi connectivity index (χ2v) is 5.74. The van der Waals surface area contributed by atoms with E-state index in [4.69, 9.17) is 21.7 Å². The molecule has 0 atom stereocenters. The minimum Gasteiger partial charge on any atom is -0.496 e. The Morgan fingerprint density at radius 3 is 3.05 bits per heavy atom. The largest absolute Gasteiger partial charge is 0.496 e.